The lowest BCUT2D eigenvalue weighted by Crippen LogP contribution is -2.23. The van der Waals surface area contributed by atoms with Crippen molar-refractivity contribution >= 4 is 11.9 Å². The van der Waals surface area contributed by atoms with Crippen molar-refractivity contribution in [1.29, 1.82) is 0 Å². The van der Waals surface area contributed by atoms with Crippen LogP contribution in [0.4, 0.5) is 0 Å². The van der Waals surface area contributed by atoms with Crippen LogP contribution in [-0.4, -0.2) is 45.6 Å². The minimum atomic E-state index is -1.63. The zero-order valence-corrected chi connectivity index (χ0v) is 10.1. The lowest BCUT2D eigenvalue weighted by molar-refractivity contribution is -0.141. The van der Waals surface area contributed by atoms with E-state index in [-0.39, 0.29) is 11.1 Å². The Hall–Kier alpha value is -2.12. The van der Waals surface area contributed by atoms with Gasteiger partial charge in [0.2, 0.25) is 0 Å². The Bertz CT molecular complexity index is 483. The van der Waals surface area contributed by atoms with Gasteiger partial charge in [-0.3, -0.25) is 4.79 Å². The maximum Gasteiger partial charge on any atom is 0.336 e. The molecule has 0 aliphatic carbocycles. The number of rotatable bonds is 6. The van der Waals surface area contributed by atoms with Crippen molar-refractivity contribution in [2.45, 2.75) is 18.6 Å². The zero-order valence-electron chi connectivity index (χ0n) is 10.1. The van der Waals surface area contributed by atoms with E-state index in [1.54, 1.807) is 0 Å². The van der Waals surface area contributed by atoms with Gasteiger partial charge in [-0.2, -0.15) is 0 Å². The van der Waals surface area contributed by atoms with Crippen molar-refractivity contribution < 1.29 is 34.8 Å². The molecule has 2 unspecified atom stereocenters. The summed E-state index contributed by atoms with van der Waals surface area (Å²) in [6.45, 7) is 0. The van der Waals surface area contributed by atoms with Crippen molar-refractivity contribution in [2.24, 2.45) is 0 Å². The molecule has 2 atom stereocenters. The molecule has 0 heterocycles. The van der Waals surface area contributed by atoms with Gasteiger partial charge in [0, 0.05) is 5.56 Å². The van der Waals surface area contributed by atoms with Crippen molar-refractivity contribution in [3.8, 4) is 5.75 Å². The number of aromatic carboxylic acids is 1. The third kappa shape index (κ3) is 3.67. The van der Waals surface area contributed by atoms with Gasteiger partial charge in [0.05, 0.1) is 25.2 Å². The van der Waals surface area contributed by atoms with Gasteiger partial charge in [-0.05, 0) is 18.2 Å². The number of carboxylic acid groups (broad SMARTS) is 2. The number of ether oxygens (including phenoxy) is 1. The summed E-state index contributed by atoms with van der Waals surface area (Å²) in [6.07, 6.45) is -3.93. The highest BCUT2D eigenvalue weighted by atomic mass is 16.5. The van der Waals surface area contributed by atoms with Crippen LogP contribution >= 0.6 is 0 Å². The molecule has 7 heteroatoms. The zero-order chi connectivity index (χ0) is 14.6. The average molecular weight is 270 g/mol. The van der Waals surface area contributed by atoms with Gasteiger partial charge in [0.1, 0.15) is 11.9 Å². The predicted molar refractivity (Wildman–Crippen MR) is 63.2 cm³/mol. The lowest BCUT2D eigenvalue weighted by Gasteiger charge is -2.19. The summed E-state index contributed by atoms with van der Waals surface area (Å²) >= 11 is 0. The molecule has 0 radical (unpaired) electrons. The number of hydrogen-bond donors (Lipinski definition) is 4. The molecule has 0 saturated carbocycles. The van der Waals surface area contributed by atoms with E-state index < -0.39 is 30.6 Å². The molecule has 0 amide bonds. The van der Waals surface area contributed by atoms with Crippen LogP contribution < -0.4 is 4.74 Å². The number of methoxy groups -OCH3 is 1. The maximum atomic E-state index is 11.0. The van der Waals surface area contributed by atoms with Gasteiger partial charge in [-0.15, -0.1) is 0 Å². The number of carbonyl (C=O) groups is 2. The van der Waals surface area contributed by atoms with Gasteiger partial charge in [-0.1, -0.05) is 0 Å². The molecule has 1 aromatic rings. The smallest absolute Gasteiger partial charge is 0.336 e. The lowest BCUT2D eigenvalue weighted by atomic mass is 9.96. The number of benzene rings is 1. The Morgan fingerprint density at radius 2 is 1.89 bits per heavy atom. The molecule has 0 aliphatic heterocycles. The molecule has 4 N–H and O–H groups in total. The topological polar surface area (TPSA) is 124 Å². The fourth-order valence-corrected chi connectivity index (χ4v) is 1.61. The normalized spacial score (nSPS) is 13.6. The number of carboxylic acids is 2. The molecule has 19 heavy (non-hydrogen) atoms. The van der Waals surface area contributed by atoms with E-state index in [1.165, 1.54) is 25.3 Å². The van der Waals surface area contributed by atoms with E-state index in [0.29, 0.717) is 5.75 Å². The van der Waals surface area contributed by atoms with Crippen LogP contribution in [0.15, 0.2) is 18.2 Å². The predicted octanol–water partition coefficient (Wildman–Crippen LogP) is 0.262. The van der Waals surface area contributed by atoms with Crippen molar-refractivity contribution in [3.63, 3.8) is 0 Å². The fourth-order valence-electron chi connectivity index (χ4n) is 1.61. The van der Waals surface area contributed by atoms with Crippen molar-refractivity contribution in [3.05, 3.63) is 29.3 Å². The molecular formula is C12H14O7. The van der Waals surface area contributed by atoms with Crippen molar-refractivity contribution in [2.75, 3.05) is 7.11 Å². The van der Waals surface area contributed by atoms with E-state index in [4.69, 9.17) is 14.9 Å². The fraction of sp³-hybridized carbons (Fsp3) is 0.333. The van der Waals surface area contributed by atoms with Gasteiger partial charge in [0.25, 0.3) is 0 Å². The van der Waals surface area contributed by atoms with E-state index in [0.717, 1.165) is 0 Å². The van der Waals surface area contributed by atoms with Crippen LogP contribution in [0.2, 0.25) is 0 Å². The largest absolute Gasteiger partial charge is 0.497 e. The highest BCUT2D eigenvalue weighted by Gasteiger charge is 2.26. The Labute approximate surface area is 108 Å². The number of aliphatic hydroxyl groups is 2. The molecule has 7 nitrogen and oxygen atoms in total. The molecule has 1 rings (SSSR count). The van der Waals surface area contributed by atoms with Gasteiger partial charge >= 0.3 is 11.9 Å². The Morgan fingerprint density at radius 3 is 2.37 bits per heavy atom. The highest BCUT2D eigenvalue weighted by molar-refractivity contribution is 5.89. The van der Waals surface area contributed by atoms with Crippen molar-refractivity contribution in [1.82, 2.24) is 0 Å². The third-order valence-electron chi connectivity index (χ3n) is 2.56. The summed E-state index contributed by atoms with van der Waals surface area (Å²) in [5, 5.41) is 36.9. The molecule has 104 valence electrons. The average Bonchev–Trinajstić information content (AvgIpc) is 2.36. The first-order chi connectivity index (χ1) is 8.86. The Morgan fingerprint density at radius 1 is 1.26 bits per heavy atom. The first-order valence-corrected chi connectivity index (χ1v) is 5.36. The van der Waals surface area contributed by atoms with Gasteiger partial charge in [-0.25, -0.2) is 4.79 Å². The molecule has 1 aromatic carbocycles. The third-order valence-corrected chi connectivity index (χ3v) is 2.56. The van der Waals surface area contributed by atoms with E-state index in [9.17, 15) is 19.8 Å². The summed E-state index contributed by atoms with van der Waals surface area (Å²) in [7, 11) is 1.36. The second-order valence-electron chi connectivity index (χ2n) is 3.87. The Kier molecular flexibility index (Phi) is 4.85. The number of aliphatic carboxylic acids is 1. The minimum Gasteiger partial charge on any atom is -0.497 e. The molecular weight excluding hydrogens is 256 g/mol. The van der Waals surface area contributed by atoms with E-state index in [1.807, 2.05) is 0 Å². The van der Waals surface area contributed by atoms with Crippen LogP contribution in [0.25, 0.3) is 0 Å². The van der Waals surface area contributed by atoms with E-state index >= 15 is 0 Å². The molecule has 0 aromatic heterocycles. The highest BCUT2D eigenvalue weighted by Crippen LogP contribution is 2.27. The SMILES string of the molecule is COc1ccc(C(=O)O)c(C(O)C(O)CC(=O)O)c1. The van der Waals surface area contributed by atoms with Crippen LogP contribution in [0.3, 0.4) is 0 Å². The second-order valence-corrected chi connectivity index (χ2v) is 3.87. The molecule has 0 aliphatic rings. The van der Waals surface area contributed by atoms with Crippen LogP contribution in [0.5, 0.6) is 5.75 Å². The first kappa shape index (κ1) is 14.9. The summed E-state index contributed by atoms with van der Waals surface area (Å²) in [5.74, 6) is -2.30. The monoisotopic (exact) mass is 270 g/mol. The number of hydrogen-bond acceptors (Lipinski definition) is 5. The minimum absolute atomic E-state index is 0.0967. The second kappa shape index (κ2) is 6.17. The molecule has 0 fully saturated rings. The molecule has 0 bridgehead atoms. The Balaban J connectivity index is 3.14. The standard InChI is InChI=1S/C12H14O7/c1-19-6-2-3-7(12(17)18)8(4-6)11(16)9(13)5-10(14)15/h2-4,9,11,13,16H,5H2,1H3,(H,14,15)(H,17,18). The first-order valence-electron chi connectivity index (χ1n) is 5.36. The van der Waals surface area contributed by atoms with E-state index in [2.05, 4.69) is 0 Å². The molecule has 0 spiro atoms. The van der Waals surface area contributed by atoms with Gasteiger partial charge < -0.3 is 25.2 Å². The summed E-state index contributed by atoms with van der Waals surface area (Å²) < 4.78 is 4.90. The summed E-state index contributed by atoms with van der Waals surface area (Å²) in [5.41, 5.74) is -0.321. The summed E-state index contributed by atoms with van der Waals surface area (Å²) in [4.78, 5) is 21.5. The summed E-state index contributed by atoms with van der Waals surface area (Å²) in [6, 6.07) is 3.86. The van der Waals surface area contributed by atoms with Crippen LogP contribution in [0, 0.1) is 0 Å². The number of aliphatic hydroxyl groups excluding tert-OH is 2. The molecule has 0 saturated heterocycles. The maximum absolute atomic E-state index is 11.0. The van der Waals surface area contributed by atoms with Gasteiger partial charge in [0.15, 0.2) is 0 Å². The van der Waals surface area contributed by atoms with Crippen LogP contribution in [0.1, 0.15) is 28.4 Å². The quantitative estimate of drug-likeness (QED) is 0.584. The van der Waals surface area contributed by atoms with Crippen LogP contribution in [-0.2, 0) is 4.79 Å².